The quantitative estimate of drug-likeness (QED) is 0.509. The number of hydrogen-bond acceptors (Lipinski definition) is 6. The number of benzene rings is 1. The molecule has 29 heavy (non-hydrogen) atoms. The van der Waals surface area contributed by atoms with Crippen molar-refractivity contribution >= 4 is 50.4 Å². The van der Waals surface area contributed by atoms with Gasteiger partial charge in [0.25, 0.3) is 5.91 Å². The number of carbonyl (C=O) groups excluding carboxylic acids is 1. The SMILES string of the molecule is COc1c(Cl)cccc1Nc1c(-c2ccnc3sccc23)nn2c1C(=O)NCC2. The van der Waals surface area contributed by atoms with E-state index in [2.05, 4.69) is 15.6 Å². The molecule has 2 N–H and O–H groups in total. The summed E-state index contributed by atoms with van der Waals surface area (Å²) >= 11 is 7.86. The van der Waals surface area contributed by atoms with Crippen LogP contribution < -0.4 is 15.4 Å². The number of nitrogens with zero attached hydrogens (tertiary/aromatic N) is 3. The minimum atomic E-state index is -0.172. The number of methoxy groups -OCH3 is 1. The Morgan fingerprint density at radius 1 is 1.31 bits per heavy atom. The lowest BCUT2D eigenvalue weighted by Gasteiger charge is -2.17. The van der Waals surface area contributed by atoms with E-state index in [1.807, 2.05) is 29.6 Å². The standard InChI is InChI=1S/C20H16ClN5O2S/c1-28-18-13(21)3-2-4-14(18)24-16-15(25-26-9-8-22-19(27)17(16)26)11-5-7-23-20-12(11)6-10-29-20/h2-7,10,24H,8-9H2,1H3,(H,22,27). The predicted molar refractivity (Wildman–Crippen MR) is 114 cm³/mol. The maximum absolute atomic E-state index is 12.7. The molecular formula is C20H16ClN5O2S. The second-order valence-corrected chi connectivity index (χ2v) is 7.80. The highest BCUT2D eigenvalue weighted by atomic mass is 35.5. The summed E-state index contributed by atoms with van der Waals surface area (Å²) in [4.78, 5) is 18.0. The first-order valence-corrected chi connectivity index (χ1v) is 10.2. The highest BCUT2D eigenvalue weighted by molar-refractivity contribution is 7.16. The van der Waals surface area contributed by atoms with Crippen molar-refractivity contribution in [3.05, 3.63) is 52.6 Å². The van der Waals surface area contributed by atoms with Gasteiger partial charge in [0.15, 0.2) is 5.75 Å². The number of anilines is 2. The Kier molecular flexibility index (Phi) is 4.37. The van der Waals surface area contributed by atoms with E-state index in [9.17, 15) is 4.79 Å². The molecule has 0 aliphatic carbocycles. The Morgan fingerprint density at radius 2 is 2.21 bits per heavy atom. The van der Waals surface area contributed by atoms with Crippen LogP contribution in [0.15, 0.2) is 41.9 Å². The van der Waals surface area contributed by atoms with Crippen LogP contribution in [-0.2, 0) is 6.54 Å². The number of nitrogens with one attached hydrogen (secondary N) is 2. The molecule has 1 amide bonds. The molecule has 1 aliphatic rings. The normalized spacial score (nSPS) is 13.2. The predicted octanol–water partition coefficient (Wildman–Crippen LogP) is 4.31. The molecule has 1 aliphatic heterocycles. The fourth-order valence-corrected chi connectivity index (χ4v) is 4.56. The molecule has 0 saturated carbocycles. The Labute approximate surface area is 175 Å². The van der Waals surface area contributed by atoms with Gasteiger partial charge in [0.2, 0.25) is 0 Å². The number of rotatable bonds is 4. The van der Waals surface area contributed by atoms with Crippen molar-refractivity contribution in [2.75, 3.05) is 19.0 Å². The second kappa shape index (κ2) is 7.06. The van der Waals surface area contributed by atoms with Crippen molar-refractivity contribution in [1.82, 2.24) is 20.1 Å². The minimum Gasteiger partial charge on any atom is -0.493 e. The van der Waals surface area contributed by atoms with E-state index in [0.29, 0.717) is 46.6 Å². The van der Waals surface area contributed by atoms with Gasteiger partial charge < -0.3 is 15.4 Å². The van der Waals surface area contributed by atoms with Gasteiger partial charge in [0.05, 0.1) is 30.1 Å². The van der Waals surface area contributed by atoms with Crippen molar-refractivity contribution in [2.24, 2.45) is 0 Å². The number of amides is 1. The van der Waals surface area contributed by atoms with Crippen LogP contribution in [0.5, 0.6) is 5.75 Å². The van der Waals surface area contributed by atoms with Gasteiger partial charge in [-0.3, -0.25) is 9.48 Å². The zero-order chi connectivity index (χ0) is 20.0. The molecule has 0 atom stereocenters. The van der Waals surface area contributed by atoms with Crippen molar-refractivity contribution in [1.29, 1.82) is 0 Å². The molecule has 3 aromatic heterocycles. The van der Waals surface area contributed by atoms with Crippen LogP contribution >= 0.6 is 22.9 Å². The van der Waals surface area contributed by atoms with Crippen molar-refractivity contribution in [3.8, 4) is 17.0 Å². The molecule has 0 fully saturated rings. The van der Waals surface area contributed by atoms with Gasteiger partial charge >= 0.3 is 0 Å². The molecule has 7 nitrogen and oxygen atoms in total. The van der Waals surface area contributed by atoms with Crippen LogP contribution in [0.4, 0.5) is 11.4 Å². The molecular weight excluding hydrogens is 410 g/mol. The first-order chi connectivity index (χ1) is 14.2. The highest BCUT2D eigenvalue weighted by Gasteiger charge is 2.28. The van der Waals surface area contributed by atoms with E-state index in [1.54, 1.807) is 35.4 Å². The lowest BCUT2D eigenvalue weighted by atomic mass is 10.1. The van der Waals surface area contributed by atoms with Crippen molar-refractivity contribution in [2.45, 2.75) is 6.54 Å². The maximum Gasteiger partial charge on any atom is 0.271 e. The summed E-state index contributed by atoms with van der Waals surface area (Å²) in [5.74, 6) is 0.334. The Morgan fingerprint density at radius 3 is 3.07 bits per heavy atom. The van der Waals surface area contributed by atoms with Crippen molar-refractivity contribution in [3.63, 3.8) is 0 Å². The van der Waals surface area contributed by atoms with Crippen molar-refractivity contribution < 1.29 is 9.53 Å². The first-order valence-electron chi connectivity index (χ1n) is 8.98. The van der Waals surface area contributed by atoms with E-state index in [-0.39, 0.29) is 5.91 Å². The number of fused-ring (bicyclic) bond motifs is 2. The van der Waals surface area contributed by atoms with Gasteiger partial charge in [-0.15, -0.1) is 11.3 Å². The first kappa shape index (κ1) is 18.0. The molecule has 5 rings (SSSR count). The molecule has 9 heteroatoms. The minimum absolute atomic E-state index is 0.172. The van der Waals surface area contributed by atoms with Crippen LogP contribution in [0.25, 0.3) is 21.5 Å². The molecule has 0 unspecified atom stereocenters. The summed E-state index contributed by atoms with van der Waals surface area (Å²) in [7, 11) is 1.56. The van der Waals surface area contributed by atoms with E-state index in [1.165, 1.54) is 0 Å². The summed E-state index contributed by atoms with van der Waals surface area (Å²) in [5, 5.41) is 14.5. The highest BCUT2D eigenvalue weighted by Crippen LogP contribution is 2.41. The van der Waals surface area contributed by atoms with E-state index in [4.69, 9.17) is 21.4 Å². The van der Waals surface area contributed by atoms with Crippen LogP contribution in [0, 0.1) is 0 Å². The fraction of sp³-hybridized carbons (Fsp3) is 0.150. The number of pyridine rings is 1. The third-order valence-corrected chi connectivity index (χ3v) is 5.95. The van der Waals surface area contributed by atoms with Gasteiger partial charge in [-0.2, -0.15) is 5.10 Å². The molecule has 4 heterocycles. The van der Waals surface area contributed by atoms with Crippen LogP contribution in [0.1, 0.15) is 10.5 Å². The summed E-state index contributed by atoms with van der Waals surface area (Å²) in [6, 6.07) is 9.37. The van der Waals surface area contributed by atoms with E-state index < -0.39 is 0 Å². The zero-order valence-electron chi connectivity index (χ0n) is 15.4. The topological polar surface area (TPSA) is 81.1 Å². The number of aromatic nitrogens is 3. The lowest BCUT2D eigenvalue weighted by Crippen LogP contribution is -2.35. The van der Waals surface area contributed by atoms with Gasteiger partial charge in [0, 0.05) is 23.7 Å². The monoisotopic (exact) mass is 425 g/mol. The molecule has 4 aromatic rings. The molecule has 0 saturated heterocycles. The van der Waals surface area contributed by atoms with E-state index in [0.717, 1.165) is 15.8 Å². The Bertz CT molecular complexity index is 1250. The smallest absolute Gasteiger partial charge is 0.271 e. The average molecular weight is 426 g/mol. The Hall–Kier alpha value is -3.10. The van der Waals surface area contributed by atoms with Gasteiger partial charge in [-0.25, -0.2) is 4.98 Å². The molecule has 0 radical (unpaired) electrons. The molecule has 146 valence electrons. The summed E-state index contributed by atoms with van der Waals surface area (Å²) in [5.41, 5.74) is 3.35. The number of carbonyl (C=O) groups is 1. The number of thiophene rings is 1. The lowest BCUT2D eigenvalue weighted by molar-refractivity contribution is 0.0925. The number of para-hydroxylation sites is 1. The molecule has 1 aromatic carbocycles. The number of hydrogen-bond donors (Lipinski definition) is 2. The maximum atomic E-state index is 12.7. The fourth-order valence-electron chi connectivity index (χ4n) is 3.55. The summed E-state index contributed by atoms with van der Waals surface area (Å²) in [6.07, 6.45) is 1.76. The second-order valence-electron chi connectivity index (χ2n) is 6.49. The molecule has 0 spiro atoms. The van der Waals surface area contributed by atoms with Gasteiger partial charge in [-0.05, 0) is 29.6 Å². The number of halogens is 1. The largest absolute Gasteiger partial charge is 0.493 e. The van der Waals surface area contributed by atoms with Crippen LogP contribution in [0.3, 0.4) is 0 Å². The van der Waals surface area contributed by atoms with Crippen LogP contribution in [-0.4, -0.2) is 34.3 Å². The summed E-state index contributed by atoms with van der Waals surface area (Å²) in [6.45, 7) is 1.14. The van der Waals surface area contributed by atoms with Crippen LogP contribution in [0.2, 0.25) is 5.02 Å². The average Bonchev–Trinajstić information content (AvgIpc) is 3.34. The van der Waals surface area contributed by atoms with Gasteiger partial charge in [0.1, 0.15) is 16.2 Å². The summed E-state index contributed by atoms with van der Waals surface area (Å²) < 4.78 is 7.21. The zero-order valence-corrected chi connectivity index (χ0v) is 17.0. The van der Waals surface area contributed by atoms with Gasteiger partial charge in [-0.1, -0.05) is 17.7 Å². The molecule has 0 bridgehead atoms. The number of ether oxygens (including phenoxy) is 1. The Balaban J connectivity index is 1.74. The third-order valence-electron chi connectivity index (χ3n) is 4.83. The third kappa shape index (κ3) is 2.92. The van der Waals surface area contributed by atoms with E-state index >= 15 is 0 Å².